The van der Waals surface area contributed by atoms with E-state index in [9.17, 15) is 13.2 Å². The molecule has 1 atom stereocenters. The maximum absolute atomic E-state index is 12.2. The fraction of sp³-hybridized carbons (Fsp3) is 0.333. The van der Waals surface area contributed by atoms with Crippen LogP contribution < -0.4 is 19.5 Å². The van der Waals surface area contributed by atoms with Gasteiger partial charge in [0.1, 0.15) is 5.75 Å². The van der Waals surface area contributed by atoms with Gasteiger partial charge in [-0.3, -0.25) is 0 Å². The molecule has 0 saturated carbocycles. The number of ether oxygens (including phenoxy) is 3. The number of hydrogen-bond acceptors (Lipinski definition) is 4. The molecule has 0 heterocycles. The van der Waals surface area contributed by atoms with Crippen molar-refractivity contribution in [3.05, 3.63) is 53.6 Å². The summed E-state index contributed by atoms with van der Waals surface area (Å²) >= 11 is 0. The third-order valence-electron chi connectivity index (χ3n) is 3.67. The van der Waals surface area contributed by atoms with Gasteiger partial charge in [-0.2, -0.15) is 0 Å². The third kappa shape index (κ3) is 5.56. The predicted molar refractivity (Wildman–Crippen MR) is 87.9 cm³/mol. The molecule has 0 radical (unpaired) electrons. The first-order chi connectivity index (χ1) is 11.8. The van der Waals surface area contributed by atoms with E-state index in [0.29, 0.717) is 18.0 Å². The number of hydrogen-bond donors (Lipinski definition) is 1. The Hall–Kier alpha value is -2.41. The summed E-state index contributed by atoms with van der Waals surface area (Å²) in [6.45, 7) is 2.50. The van der Waals surface area contributed by atoms with Crippen LogP contribution in [0.3, 0.4) is 0 Å². The second-order valence-corrected chi connectivity index (χ2v) is 5.41. The van der Waals surface area contributed by atoms with E-state index in [2.05, 4.69) is 10.1 Å². The van der Waals surface area contributed by atoms with Crippen molar-refractivity contribution in [3.8, 4) is 17.2 Å². The molecule has 1 N–H and O–H groups in total. The lowest BCUT2D eigenvalue weighted by Gasteiger charge is -2.16. The van der Waals surface area contributed by atoms with Crippen LogP contribution in [0.5, 0.6) is 17.2 Å². The van der Waals surface area contributed by atoms with Crippen molar-refractivity contribution in [1.82, 2.24) is 5.32 Å². The Morgan fingerprint density at radius 1 is 0.960 bits per heavy atom. The molecule has 0 aliphatic rings. The van der Waals surface area contributed by atoms with Crippen LogP contribution in [0.2, 0.25) is 0 Å². The van der Waals surface area contributed by atoms with Crippen LogP contribution in [-0.4, -0.2) is 20.6 Å². The molecule has 2 aromatic carbocycles. The summed E-state index contributed by atoms with van der Waals surface area (Å²) in [7, 11) is 3.15. The summed E-state index contributed by atoms with van der Waals surface area (Å²) in [5.74, 6) is 1.06. The lowest BCUT2D eigenvalue weighted by Crippen LogP contribution is -2.19. The molecule has 1 unspecified atom stereocenters. The fourth-order valence-electron chi connectivity index (χ4n) is 2.34. The molecule has 0 aliphatic heterocycles. The smallest absolute Gasteiger partial charge is 0.493 e. The van der Waals surface area contributed by atoms with Crippen LogP contribution in [0.4, 0.5) is 13.2 Å². The second kappa shape index (κ2) is 8.11. The van der Waals surface area contributed by atoms with Crippen molar-refractivity contribution in [2.75, 3.05) is 14.2 Å². The Balaban J connectivity index is 1.97. The number of nitrogens with one attached hydrogen (secondary N) is 1. The largest absolute Gasteiger partial charge is 0.573 e. The average Bonchev–Trinajstić information content (AvgIpc) is 2.58. The van der Waals surface area contributed by atoms with Crippen molar-refractivity contribution in [3.63, 3.8) is 0 Å². The summed E-state index contributed by atoms with van der Waals surface area (Å²) in [4.78, 5) is 0. The van der Waals surface area contributed by atoms with Gasteiger partial charge in [0, 0.05) is 12.6 Å². The number of halogens is 3. The maximum atomic E-state index is 12.2. The first-order valence-electron chi connectivity index (χ1n) is 7.62. The van der Waals surface area contributed by atoms with E-state index < -0.39 is 6.36 Å². The summed E-state index contributed by atoms with van der Waals surface area (Å²) in [5, 5.41) is 3.31. The van der Waals surface area contributed by atoms with E-state index in [-0.39, 0.29) is 11.8 Å². The summed E-state index contributed by atoms with van der Waals surface area (Å²) in [6.07, 6.45) is -4.68. The molecule has 7 heteroatoms. The van der Waals surface area contributed by atoms with E-state index >= 15 is 0 Å². The van der Waals surface area contributed by atoms with Gasteiger partial charge >= 0.3 is 6.36 Å². The van der Waals surface area contributed by atoms with Crippen molar-refractivity contribution in [1.29, 1.82) is 0 Å². The highest BCUT2D eigenvalue weighted by atomic mass is 19.4. The molecular weight excluding hydrogens is 335 g/mol. The van der Waals surface area contributed by atoms with Crippen molar-refractivity contribution in [2.45, 2.75) is 25.9 Å². The highest BCUT2D eigenvalue weighted by Gasteiger charge is 2.31. The van der Waals surface area contributed by atoms with Gasteiger partial charge in [-0.1, -0.05) is 18.2 Å². The molecule has 2 aromatic rings. The zero-order valence-corrected chi connectivity index (χ0v) is 14.2. The van der Waals surface area contributed by atoms with Gasteiger partial charge in [-0.15, -0.1) is 13.2 Å². The van der Waals surface area contributed by atoms with E-state index in [1.54, 1.807) is 26.4 Å². The Labute approximate surface area is 144 Å². The molecule has 0 amide bonds. The summed E-state index contributed by atoms with van der Waals surface area (Å²) in [6, 6.07) is 11.4. The topological polar surface area (TPSA) is 39.7 Å². The Morgan fingerprint density at radius 2 is 1.60 bits per heavy atom. The van der Waals surface area contributed by atoms with E-state index in [0.717, 1.165) is 11.1 Å². The first-order valence-corrected chi connectivity index (χ1v) is 7.62. The zero-order valence-electron chi connectivity index (χ0n) is 14.2. The molecule has 0 saturated heterocycles. The Morgan fingerprint density at radius 3 is 2.16 bits per heavy atom. The zero-order chi connectivity index (χ0) is 18.4. The minimum absolute atomic E-state index is 0.0481. The van der Waals surface area contributed by atoms with Crippen LogP contribution in [0.1, 0.15) is 24.1 Å². The summed E-state index contributed by atoms with van der Waals surface area (Å²) < 4.78 is 50.8. The summed E-state index contributed by atoms with van der Waals surface area (Å²) in [5.41, 5.74) is 1.86. The number of rotatable bonds is 7. The normalized spacial score (nSPS) is 12.6. The molecule has 4 nitrogen and oxygen atoms in total. The van der Waals surface area contributed by atoms with Gasteiger partial charge in [0.2, 0.25) is 0 Å². The quantitative estimate of drug-likeness (QED) is 0.796. The highest BCUT2D eigenvalue weighted by Crippen LogP contribution is 2.28. The van der Waals surface area contributed by atoms with E-state index in [4.69, 9.17) is 9.47 Å². The van der Waals surface area contributed by atoms with Crippen molar-refractivity contribution in [2.24, 2.45) is 0 Å². The molecule has 0 fully saturated rings. The van der Waals surface area contributed by atoms with Crippen LogP contribution in [0, 0.1) is 0 Å². The first kappa shape index (κ1) is 18.9. The molecule has 0 aromatic heterocycles. The Kier molecular flexibility index (Phi) is 6.14. The predicted octanol–water partition coefficient (Wildman–Crippen LogP) is 4.45. The van der Waals surface area contributed by atoms with Gasteiger partial charge in [-0.25, -0.2) is 0 Å². The van der Waals surface area contributed by atoms with Crippen LogP contribution in [0.25, 0.3) is 0 Å². The van der Waals surface area contributed by atoms with Crippen LogP contribution in [0.15, 0.2) is 42.5 Å². The molecule has 0 spiro atoms. The van der Waals surface area contributed by atoms with Gasteiger partial charge in [0.25, 0.3) is 0 Å². The number of methoxy groups -OCH3 is 2. The molecule has 2 rings (SSSR count). The highest BCUT2D eigenvalue weighted by molar-refractivity contribution is 5.42. The molecule has 0 aliphatic carbocycles. The minimum atomic E-state index is -4.68. The maximum Gasteiger partial charge on any atom is 0.573 e. The van der Waals surface area contributed by atoms with Crippen LogP contribution >= 0.6 is 0 Å². The number of benzene rings is 2. The average molecular weight is 355 g/mol. The lowest BCUT2D eigenvalue weighted by atomic mass is 10.1. The van der Waals surface area contributed by atoms with Gasteiger partial charge < -0.3 is 19.5 Å². The van der Waals surface area contributed by atoms with Crippen molar-refractivity contribution < 1.29 is 27.4 Å². The second-order valence-electron chi connectivity index (χ2n) is 5.41. The van der Waals surface area contributed by atoms with Gasteiger partial charge in [0.05, 0.1) is 14.2 Å². The monoisotopic (exact) mass is 355 g/mol. The van der Waals surface area contributed by atoms with Gasteiger partial charge in [0.15, 0.2) is 11.5 Å². The van der Waals surface area contributed by atoms with Crippen LogP contribution in [-0.2, 0) is 6.54 Å². The van der Waals surface area contributed by atoms with Gasteiger partial charge in [-0.05, 0) is 42.3 Å². The lowest BCUT2D eigenvalue weighted by molar-refractivity contribution is -0.274. The Bertz CT molecular complexity index is 687. The third-order valence-corrected chi connectivity index (χ3v) is 3.67. The molecule has 136 valence electrons. The minimum Gasteiger partial charge on any atom is -0.493 e. The molecular formula is C18H20F3NO3. The van der Waals surface area contributed by atoms with Crippen molar-refractivity contribution >= 4 is 0 Å². The SMILES string of the molecule is COc1ccc(CNC(C)c2ccc(OC(F)(F)F)cc2)cc1OC. The molecule has 25 heavy (non-hydrogen) atoms. The fourth-order valence-corrected chi connectivity index (χ4v) is 2.34. The van der Waals surface area contributed by atoms with E-state index in [1.807, 2.05) is 25.1 Å². The van der Waals surface area contributed by atoms with E-state index in [1.165, 1.54) is 12.1 Å². The standard InChI is InChI=1S/C18H20F3NO3/c1-12(14-5-7-15(8-6-14)25-18(19,20)21)22-11-13-4-9-16(23-2)17(10-13)24-3/h4-10,12,22H,11H2,1-3H3. The molecule has 0 bridgehead atoms. The number of alkyl halides is 3.